The highest BCUT2D eigenvalue weighted by Crippen LogP contribution is 2.13. The molecule has 0 fully saturated rings. The summed E-state index contributed by atoms with van der Waals surface area (Å²) >= 11 is 0. The molecule has 2 amide bonds. The first-order valence-corrected chi connectivity index (χ1v) is 12.5. The molecule has 0 aliphatic rings. The van der Waals surface area contributed by atoms with Gasteiger partial charge in [0.05, 0.1) is 0 Å². The monoisotopic (exact) mass is 493 g/mol. The number of unbranched alkanes of at least 4 members (excludes halogenated alkanes) is 4. The Bertz CT molecular complexity index is 757. The number of phenolic OH excluding ortho intramolecular Hbond substituents is 1. The van der Waals surface area contributed by atoms with Crippen molar-refractivity contribution in [2.45, 2.75) is 95.9 Å². The van der Waals surface area contributed by atoms with E-state index in [1.165, 1.54) is 12.1 Å². The van der Waals surface area contributed by atoms with Crippen molar-refractivity contribution in [3.63, 3.8) is 0 Å². The molecule has 0 radical (unpaired) electrons. The van der Waals surface area contributed by atoms with E-state index in [0.717, 1.165) is 37.7 Å². The average molecular weight is 494 g/mol. The van der Waals surface area contributed by atoms with E-state index in [9.17, 15) is 19.5 Å². The number of hydrogen-bond acceptors (Lipinski definition) is 7. The number of carbonyl (C=O) groups excluding carboxylic acids is 2. The van der Waals surface area contributed by atoms with Crippen LogP contribution >= 0.6 is 0 Å². The molecular formula is C25H43N5O5. The van der Waals surface area contributed by atoms with Gasteiger partial charge in [0.2, 0.25) is 11.8 Å². The lowest BCUT2D eigenvalue weighted by molar-refractivity contribution is -0.137. The summed E-state index contributed by atoms with van der Waals surface area (Å²) in [4.78, 5) is 36.8. The number of nitrogens with two attached hydrogens (primary N) is 2. The summed E-state index contributed by atoms with van der Waals surface area (Å²) in [6, 6.07) is 5.29. The number of amides is 2. The minimum absolute atomic E-state index is 0.0818. The van der Waals surface area contributed by atoms with Crippen molar-refractivity contribution < 1.29 is 24.6 Å². The molecule has 0 saturated heterocycles. The SMILES string of the molecule is CCCCCCCC(=O)N[C@@H](Cc1ccc(O)cc1)C(=O)N[C@@H](CCCNC(N)N)CCC(=O)O. The summed E-state index contributed by atoms with van der Waals surface area (Å²) in [5.41, 5.74) is 11.7. The van der Waals surface area contributed by atoms with Crippen LogP contribution in [-0.4, -0.2) is 52.9 Å². The van der Waals surface area contributed by atoms with Crippen molar-refractivity contribution in [2.75, 3.05) is 6.54 Å². The third-order valence-electron chi connectivity index (χ3n) is 5.70. The molecular weight excluding hydrogens is 450 g/mol. The van der Waals surface area contributed by atoms with Gasteiger partial charge in [-0.3, -0.25) is 19.7 Å². The zero-order chi connectivity index (χ0) is 26.1. The summed E-state index contributed by atoms with van der Waals surface area (Å²) < 4.78 is 0. The van der Waals surface area contributed by atoms with E-state index in [1.807, 2.05) is 0 Å². The van der Waals surface area contributed by atoms with Gasteiger partial charge < -0.3 is 32.3 Å². The maximum atomic E-state index is 13.2. The van der Waals surface area contributed by atoms with Gasteiger partial charge in [0.15, 0.2) is 0 Å². The van der Waals surface area contributed by atoms with Crippen LogP contribution in [0.3, 0.4) is 0 Å². The molecule has 9 N–H and O–H groups in total. The van der Waals surface area contributed by atoms with Crippen molar-refractivity contribution in [2.24, 2.45) is 11.5 Å². The molecule has 0 heterocycles. The van der Waals surface area contributed by atoms with Crippen molar-refractivity contribution in [3.05, 3.63) is 29.8 Å². The van der Waals surface area contributed by atoms with Crippen LogP contribution < -0.4 is 27.4 Å². The van der Waals surface area contributed by atoms with Crippen LogP contribution in [0.5, 0.6) is 5.75 Å². The Morgan fingerprint density at radius 2 is 1.60 bits per heavy atom. The summed E-state index contributed by atoms with van der Waals surface area (Å²) in [6.45, 7) is 2.66. The molecule has 0 aromatic heterocycles. The van der Waals surface area contributed by atoms with Crippen LogP contribution in [0.1, 0.15) is 76.7 Å². The lowest BCUT2D eigenvalue weighted by Gasteiger charge is -2.24. The van der Waals surface area contributed by atoms with Gasteiger partial charge >= 0.3 is 5.97 Å². The summed E-state index contributed by atoms with van der Waals surface area (Å²) in [5, 5.41) is 27.3. The summed E-state index contributed by atoms with van der Waals surface area (Å²) in [6.07, 6.45) is 6.39. The van der Waals surface area contributed by atoms with E-state index in [2.05, 4.69) is 22.9 Å². The van der Waals surface area contributed by atoms with E-state index in [1.54, 1.807) is 12.1 Å². The normalized spacial score (nSPS) is 12.8. The maximum absolute atomic E-state index is 13.2. The summed E-state index contributed by atoms with van der Waals surface area (Å²) in [5.74, 6) is -1.38. The van der Waals surface area contributed by atoms with Crippen LogP contribution in [0.4, 0.5) is 0 Å². The first-order chi connectivity index (χ1) is 16.7. The Kier molecular flexibility index (Phi) is 15.3. The van der Waals surface area contributed by atoms with Gasteiger partial charge in [-0.2, -0.15) is 0 Å². The molecule has 0 aliphatic heterocycles. The highest BCUT2D eigenvalue weighted by atomic mass is 16.4. The lowest BCUT2D eigenvalue weighted by Crippen LogP contribution is -2.51. The van der Waals surface area contributed by atoms with Crippen molar-refractivity contribution in [1.29, 1.82) is 0 Å². The number of rotatable bonds is 19. The Labute approximate surface area is 208 Å². The molecule has 0 spiro atoms. The van der Waals surface area contributed by atoms with Crippen molar-refractivity contribution >= 4 is 17.8 Å². The predicted octanol–water partition coefficient (Wildman–Crippen LogP) is 1.70. The molecule has 1 aromatic rings. The van der Waals surface area contributed by atoms with Gasteiger partial charge in [0, 0.05) is 25.3 Å². The highest BCUT2D eigenvalue weighted by molar-refractivity contribution is 5.88. The second-order valence-electron chi connectivity index (χ2n) is 8.91. The molecule has 1 aromatic carbocycles. The zero-order valence-corrected chi connectivity index (χ0v) is 20.8. The van der Waals surface area contributed by atoms with Crippen LogP contribution in [0, 0.1) is 0 Å². The summed E-state index contributed by atoms with van der Waals surface area (Å²) in [7, 11) is 0. The number of carboxylic acid groups (broad SMARTS) is 1. The number of benzene rings is 1. The molecule has 0 saturated carbocycles. The molecule has 10 nitrogen and oxygen atoms in total. The third kappa shape index (κ3) is 15.0. The van der Waals surface area contributed by atoms with Gasteiger partial charge in [0.25, 0.3) is 0 Å². The van der Waals surface area contributed by atoms with Gasteiger partial charge in [-0.15, -0.1) is 0 Å². The number of nitrogens with one attached hydrogen (secondary N) is 3. The first-order valence-electron chi connectivity index (χ1n) is 12.5. The van der Waals surface area contributed by atoms with Crippen LogP contribution in [0.2, 0.25) is 0 Å². The predicted molar refractivity (Wildman–Crippen MR) is 135 cm³/mol. The van der Waals surface area contributed by atoms with E-state index in [0.29, 0.717) is 25.8 Å². The van der Waals surface area contributed by atoms with E-state index in [4.69, 9.17) is 16.6 Å². The zero-order valence-electron chi connectivity index (χ0n) is 20.8. The first kappa shape index (κ1) is 30.3. The topological polar surface area (TPSA) is 180 Å². The fourth-order valence-corrected chi connectivity index (χ4v) is 3.74. The Morgan fingerprint density at radius 1 is 0.914 bits per heavy atom. The second-order valence-corrected chi connectivity index (χ2v) is 8.91. The molecule has 2 atom stereocenters. The van der Waals surface area contributed by atoms with Gasteiger partial charge in [-0.25, -0.2) is 0 Å². The van der Waals surface area contributed by atoms with Crippen molar-refractivity contribution in [3.8, 4) is 5.75 Å². The minimum atomic E-state index is -0.941. The van der Waals surface area contributed by atoms with Crippen LogP contribution in [0.15, 0.2) is 24.3 Å². The smallest absolute Gasteiger partial charge is 0.303 e. The fraction of sp³-hybridized carbons (Fsp3) is 0.640. The van der Waals surface area contributed by atoms with E-state index < -0.39 is 18.3 Å². The van der Waals surface area contributed by atoms with E-state index >= 15 is 0 Å². The Hall–Kier alpha value is -2.69. The number of carboxylic acids is 1. The quantitative estimate of drug-likeness (QED) is 0.112. The van der Waals surface area contributed by atoms with Gasteiger partial charge in [0.1, 0.15) is 18.1 Å². The minimum Gasteiger partial charge on any atom is -0.508 e. The Balaban J connectivity index is 2.81. The largest absolute Gasteiger partial charge is 0.508 e. The fourth-order valence-electron chi connectivity index (χ4n) is 3.74. The number of aliphatic carboxylic acids is 1. The molecule has 0 aliphatic carbocycles. The number of phenols is 1. The van der Waals surface area contributed by atoms with Gasteiger partial charge in [-0.05, 0) is 49.9 Å². The van der Waals surface area contributed by atoms with Crippen LogP contribution in [-0.2, 0) is 20.8 Å². The molecule has 0 bridgehead atoms. The third-order valence-corrected chi connectivity index (χ3v) is 5.70. The molecule has 35 heavy (non-hydrogen) atoms. The van der Waals surface area contributed by atoms with Gasteiger partial charge in [-0.1, -0.05) is 44.7 Å². The molecule has 0 unspecified atom stereocenters. The average Bonchev–Trinajstić information content (AvgIpc) is 2.80. The van der Waals surface area contributed by atoms with E-state index in [-0.39, 0.29) is 42.9 Å². The number of hydrogen-bond donors (Lipinski definition) is 7. The van der Waals surface area contributed by atoms with Crippen LogP contribution in [0.25, 0.3) is 0 Å². The molecule has 1 rings (SSSR count). The number of carbonyl (C=O) groups is 3. The molecule has 10 heteroatoms. The maximum Gasteiger partial charge on any atom is 0.303 e. The highest BCUT2D eigenvalue weighted by Gasteiger charge is 2.24. The standard InChI is InChI=1S/C25H43N5O5/c1-2-3-4-5-6-9-22(32)30-21(17-18-10-13-20(31)14-11-18)24(35)29-19(12-15-23(33)34)8-7-16-28-25(26)27/h10-11,13-14,19,21,25,28,31H,2-9,12,15-17,26-27H2,1H3,(H,29,35)(H,30,32)(H,33,34)/t19-,21-/m0/s1. The molecule has 198 valence electrons. The Morgan fingerprint density at radius 3 is 2.23 bits per heavy atom. The lowest BCUT2D eigenvalue weighted by atomic mass is 10.0. The van der Waals surface area contributed by atoms with Crippen molar-refractivity contribution in [1.82, 2.24) is 16.0 Å². The number of aromatic hydroxyl groups is 1. The second kappa shape index (κ2) is 17.7.